The molecular weight excluding hydrogens is 240 g/mol. The van der Waals surface area contributed by atoms with E-state index in [4.69, 9.17) is 4.74 Å². The van der Waals surface area contributed by atoms with Crippen LogP contribution < -0.4 is 10.2 Å². The number of methoxy groups -OCH3 is 1. The fourth-order valence-electron chi connectivity index (χ4n) is 1.72. The van der Waals surface area contributed by atoms with E-state index in [1.54, 1.807) is 24.0 Å². The number of alkyl carbamates (subject to hydrolysis) is 1. The van der Waals surface area contributed by atoms with E-state index >= 15 is 0 Å². The van der Waals surface area contributed by atoms with Gasteiger partial charge in [0.25, 0.3) is 0 Å². The van der Waals surface area contributed by atoms with Crippen molar-refractivity contribution in [3.63, 3.8) is 0 Å². The third kappa shape index (κ3) is 2.36. The van der Waals surface area contributed by atoms with Gasteiger partial charge in [0.1, 0.15) is 11.9 Å². The molecule has 2 heterocycles. The molecule has 0 aliphatic carbocycles. The highest BCUT2D eigenvalue weighted by Gasteiger charge is 2.33. The number of hydrogen-bond acceptors (Lipinski definition) is 5. The monoisotopic (exact) mass is 254 g/mol. The Labute approximate surface area is 103 Å². The van der Waals surface area contributed by atoms with Gasteiger partial charge in [0, 0.05) is 13.1 Å². The lowest BCUT2D eigenvalue weighted by Crippen LogP contribution is -2.34. The van der Waals surface area contributed by atoms with E-state index in [9.17, 15) is 9.59 Å². The molecular formula is C10H14N4O4. The zero-order valence-corrected chi connectivity index (χ0v) is 10.1. The van der Waals surface area contributed by atoms with Crippen LogP contribution in [0.3, 0.4) is 0 Å². The minimum Gasteiger partial charge on any atom is -0.453 e. The van der Waals surface area contributed by atoms with Crippen LogP contribution in [0.2, 0.25) is 0 Å². The Hall–Kier alpha value is -2.25. The summed E-state index contributed by atoms with van der Waals surface area (Å²) in [6, 6.07) is 1.72. The van der Waals surface area contributed by atoms with E-state index in [1.807, 2.05) is 0 Å². The number of anilines is 1. The third-order valence-corrected chi connectivity index (χ3v) is 2.61. The molecule has 1 aliphatic heterocycles. The largest absolute Gasteiger partial charge is 0.453 e. The average Bonchev–Trinajstić information content (AvgIpc) is 2.92. The molecule has 0 aromatic carbocycles. The molecule has 1 saturated heterocycles. The van der Waals surface area contributed by atoms with E-state index in [-0.39, 0.29) is 6.54 Å². The molecule has 0 bridgehead atoms. The van der Waals surface area contributed by atoms with Gasteiger partial charge in [-0.2, -0.15) is 5.10 Å². The number of amides is 2. The predicted molar refractivity (Wildman–Crippen MR) is 61.2 cm³/mol. The van der Waals surface area contributed by atoms with Gasteiger partial charge in [0.2, 0.25) is 0 Å². The highest BCUT2D eigenvalue weighted by atomic mass is 16.6. The van der Waals surface area contributed by atoms with Crippen LogP contribution in [0, 0.1) is 0 Å². The second kappa shape index (κ2) is 4.94. The van der Waals surface area contributed by atoms with Gasteiger partial charge >= 0.3 is 12.2 Å². The SMILES string of the molecule is COC(=O)NCC1CN(c2ccnn2C)C(=O)O1. The number of ether oxygens (including phenoxy) is 2. The molecule has 0 radical (unpaired) electrons. The molecule has 1 fully saturated rings. The van der Waals surface area contributed by atoms with Crippen molar-refractivity contribution in [2.45, 2.75) is 6.10 Å². The van der Waals surface area contributed by atoms with Crippen LogP contribution in [0.15, 0.2) is 12.3 Å². The summed E-state index contributed by atoms with van der Waals surface area (Å²) in [6.07, 6.45) is 0.203. The molecule has 2 amide bonds. The van der Waals surface area contributed by atoms with Gasteiger partial charge in [-0.25, -0.2) is 9.59 Å². The van der Waals surface area contributed by atoms with Crippen LogP contribution in [0.5, 0.6) is 0 Å². The zero-order chi connectivity index (χ0) is 13.1. The molecule has 1 aliphatic rings. The lowest BCUT2D eigenvalue weighted by atomic mass is 10.3. The molecule has 0 spiro atoms. The number of cyclic esters (lactones) is 1. The normalized spacial score (nSPS) is 18.7. The van der Waals surface area contributed by atoms with Crippen LogP contribution in [-0.2, 0) is 16.5 Å². The smallest absolute Gasteiger partial charge is 0.416 e. The number of aromatic nitrogens is 2. The minimum atomic E-state index is -0.551. The van der Waals surface area contributed by atoms with Gasteiger partial charge in [-0.1, -0.05) is 0 Å². The Morgan fingerprint density at radius 2 is 2.50 bits per heavy atom. The Balaban J connectivity index is 1.95. The first-order chi connectivity index (χ1) is 8.61. The van der Waals surface area contributed by atoms with Crippen LogP contribution in [0.1, 0.15) is 0 Å². The number of rotatable bonds is 3. The Kier molecular flexibility index (Phi) is 3.35. The van der Waals surface area contributed by atoms with Crippen molar-refractivity contribution < 1.29 is 19.1 Å². The average molecular weight is 254 g/mol. The standard InChI is InChI=1S/C10H14N4O4/c1-13-8(3-4-12-13)14-6-7(18-10(14)16)5-11-9(15)17-2/h3-4,7H,5-6H2,1-2H3,(H,11,15). The lowest BCUT2D eigenvalue weighted by Gasteiger charge is -2.12. The summed E-state index contributed by atoms with van der Waals surface area (Å²) in [6.45, 7) is 0.578. The van der Waals surface area contributed by atoms with Gasteiger partial charge < -0.3 is 14.8 Å². The number of carbonyl (C=O) groups is 2. The molecule has 8 heteroatoms. The summed E-state index contributed by atoms with van der Waals surface area (Å²) in [7, 11) is 3.01. The Bertz CT molecular complexity index is 458. The summed E-state index contributed by atoms with van der Waals surface area (Å²) < 4.78 is 11.1. The Morgan fingerprint density at radius 1 is 1.72 bits per heavy atom. The first kappa shape index (κ1) is 12.2. The third-order valence-electron chi connectivity index (χ3n) is 2.61. The number of nitrogens with zero attached hydrogens (tertiary/aromatic N) is 3. The highest BCUT2D eigenvalue weighted by Crippen LogP contribution is 2.20. The van der Waals surface area contributed by atoms with Crippen molar-refractivity contribution in [3.8, 4) is 0 Å². The van der Waals surface area contributed by atoms with Gasteiger partial charge in [0.05, 0.1) is 26.4 Å². The summed E-state index contributed by atoms with van der Waals surface area (Å²) in [5, 5.41) is 6.47. The summed E-state index contributed by atoms with van der Waals surface area (Å²) in [4.78, 5) is 24.0. The molecule has 1 unspecified atom stereocenters. The maximum absolute atomic E-state index is 11.7. The number of carbonyl (C=O) groups excluding carboxylic acids is 2. The van der Waals surface area contributed by atoms with Crippen molar-refractivity contribution in [1.29, 1.82) is 0 Å². The van der Waals surface area contributed by atoms with E-state index in [2.05, 4.69) is 15.2 Å². The van der Waals surface area contributed by atoms with Gasteiger partial charge in [-0.3, -0.25) is 9.58 Å². The predicted octanol–water partition coefficient (Wildman–Crippen LogP) is 0.101. The number of nitrogens with one attached hydrogen (secondary N) is 1. The second-order valence-corrected chi connectivity index (χ2v) is 3.80. The van der Waals surface area contributed by atoms with Crippen molar-refractivity contribution in [3.05, 3.63) is 12.3 Å². The van der Waals surface area contributed by atoms with E-state index in [0.717, 1.165) is 0 Å². The quantitative estimate of drug-likeness (QED) is 0.826. The summed E-state index contributed by atoms with van der Waals surface area (Å²) in [5.41, 5.74) is 0. The van der Waals surface area contributed by atoms with Gasteiger partial charge in [0.15, 0.2) is 0 Å². The number of aryl methyl sites for hydroxylation is 1. The summed E-state index contributed by atoms with van der Waals surface area (Å²) >= 11 is 0. The Morgan fingerprint density at radius 3 is 3.11 bits per heavy atom. The fourth-order valence-corrected chi connectivity index (χ4v) is 1.72. The van der Waals surface area contributed by atoms with Gasteiger partial charge in [-0.05, 0) is 0 Å². The van der Waals surface area contributed by atoms with Crippen LogP contribution in [0.25, 0.3) is 0 Å². The van der Waals surface area contributed by atoms with E-state index in [1.165, 1.54) is 12.0 Å². The van der Waals surface area contributed by atoms with Crippen molar-refractivity contribution >= 4 is 18.0 Å². The van der Waals surface area contributed by atoms with Crippen LogP contribution in [0.4, 0.5) is 15.4 Å². The molecule has 18 heavy (non-hydrogen) atoms. The summed E-state index contributed by atoms with van der Waals surface area (Å²) in [5.74, 6) is 0.653. The van der Waals surface area contributed by atoms with Crippen LogP contribution in [-0.4, -0.2) is 48.3 Å². The van der Waals surface area contributed by atoms with Crippen molar-refractivity contribution in [2.24, 2.45) is 7.05 Å². The molecule has 1 atom stereocenters. The molecule has 2 rings (SSSR count). The zero-order valence-electron chi connectivity index (χ0n) is 10.1. The maximum Gasteiger partial charge on any atom is 0.416 e. The maximum atomic E-state index is 11.7. The first-order valence-electron chi connectivity index (χ1n) is 5.39. The van der Waals surface area contributed by atoms with Crippen molar-refractivity contribution in [2.75, 3.05) is 25.1 Å². The van der Waals surface area contributed by atoms with Crippen molar-refractivity contribution in [1.82, 2.24) is 15.1 Å². The van der Waals surface area contributed by atoms with Gasteiger partial charge in [-0.15, -0.1) is 0 Å². The molecule has 98 valence electrons. The molecule has 1 aromatic rings. The van der Waals surface area contributed by atoms with Crippen LogP contribution >= 0.6 is 0 Å². The first-order valence-corrected chi connectivity index (χ1v) is 5.39. The molecule has 8 nitrogen and oxygen atoms in total. The number of hydrogen-bond donors (Lipinski definition) is 1. The second-order valence-electron chi connectivity index (χ2n) is 3.80. The fraction of sp³-hybridized carbons (Fsp3) is 0.500. The minimum absolute atomic E-state index is 0.215. The van der Waals surface area contributed by atoms with E-state index in [0.29, 0.717) is 12.4 Å². The lowest BCUT2D eigenvalue weighted by molar-refractivity contribution is 0.132. The molecule has 1 aromatic heterocycles. The topological polar surface area (TPSA) is 85.7 Å². The molecule has 0 saturated carbocycles. The highest BCUT2D eigenvalue weighted by molar-refractivity contribution is 5.88. The van der Waals surface area contributed by atoms with E-state index < -0.39 is 18.3 Å². The molecule has 1 N–H and O–H groups in total.